The molecule has 0 aliphatic carbocycles. The molecule has 0 amide bonds. The zero-order chi connectivity index (χ0) is 13.4. The number of nitrogens with zero attached hydrogens (tertiary/aromatic N) is 2. The smallest absolute Gasteiger partial charge is 0.192 e. The fourth-order valence-electron chi connectivity index (χ4n) is 2.19. The summed E-state index contributed by atoms with van der Waals surface area (Å²) < 4.78 is 1.92. The van der Waals surface area contributed by atoms with Crippen molar-refractivity contribution in [2.75, 3.05) is 0 Å². The highest BCUT2D eigenvalue weighted by Crippen LogP contribution is 2.21. The molecule has 96 valence electrons. The predicted molar refractivity (Wildman–Crippen MR) is 74.7 cm³/mol. The van der Waals surface area contributed by atoms with Gasteiger partial charge in [0, 0.05) is 32.1 Å². The fourth-order valence-corrected chi connectivity index (χ4v) is 2.19. The van der Waals surface area contributed by atoms with Gasteiger partial charge in [0.2, 0.25) is 0 Å². The molecule has 2 heterocycles. The molecule has 5 heteroatoms. The zero-order valence-corrected chi connectivity index (χ0v) is 10.6. The first-order chi connectivity index (χ1) is 9.20. The molecule has 3 aromatic rings. The molecule has 2 aromatic heterocycles. The van der Waals surface area contributed by atoms with Crippen LogP contribution in [0.5, 0.6) is 0 Å². The number of benzene rings is 1. The Bertz CT molecular complexity index is 801. The average Bonchev–Trinajstić information content (AvgIpc) is 2.76. The molecule has 3 N–H and O–H groups in total. The maximum atomic E-state index is 11.9. The number of hydrogen-bond acceptors (Lipinski definition) is 3. The van der Waals surface area contributed by atoms with E-state index in [0.29, 0.717) is 17.9 Å². The molecule has 0 spiro atoms. The van der Waals surface area contributed by atoms with Crippen LogP contribution in [0.15, 0.2) is 41.5 Å². The topological polar surface area (TPSA) is 76.7 Å². The van der Waals surface area contributed by atoms with E-state index in [1.165, 1.54) is 6.07 Å². The van der Waals surface area contributed by atoms with E-state index in [2.05, 4.69) is 9.97 Å². The third-order valence-electron chi connectivity index (χ3n) is 3.25. The van der Waals surface area contributed by atoms with Gasteiger partial charge in [-0.2, -0.15) is 0 Å². The number of nitrogens with two attached hydrogens (primary N) is 1. The maximum Gasteiger partial charge on any atom is 0.192 e. The van der Waals surface area contributed by atoms with Crippen LogP contribution in [0.4, 0.5) is 0 Å². The van der Waals surface area contributed by atoms with Crippen molar-refractivity contribution in [2.24, 2.45) is 12.8 Å². The first-order valence-electron chi connectivity index (χ1n) is 6.03. The highest BCUT2D eigenvalue weighted by Gasteiger charge is 2.12. The molecule has 0 saturated heterocycles. The van der Waals surface area contributed by atoms with Crippen molar-refractivity contribution in [2.45, 2.75) is 6.54 Å². The van der Waals surface area contributed by atoms with Crippen molar-refractivity contribution in [3.63, 3.8) is 0 Å². The largest absolute Gasteiger partial charge is 0.367 e. The molecule has 0 unspecified atom stereocenters. The van der Waals surface area contributed by atoms with Gasteiger partial charge in [0.1, 0.15) is 5.82 Å². The van der Waals surface area contributed by atoms with Gasteiger partial charge in [-0.25, -0.2) is 4.98 Å². The van der Waals surface area contributed by atoms with E-state index in [1.54, 1.807) is 12.4 Å². The predicted octanol–water partition coefficient (Wildman–Crippen LogP) is 1.39. The Morgan fingerprint density at radius 3 is 2.95 bits per heavy atom. The molecule has 0 fully saturated rings. The number of nitrogens with one attached hydrogen (secondary N) is 1. The lowest BCUT2D eigenvalue weighted by Crippen LogP contribution is -2.06. The van der Waals surface area contributed by atoms with Crippen LogP contribution in [0.1, 0.15) is 5.56 Å². The van der Waals surface area contributed by atoms with Crippen LogP contribution in [0, 0.1) is 0 Å². The van der Waals surface area contributed by atoms with Gasteiger partial charge in [0.05, 0.1) is 16.6 Å². The molecule has 0 atom stereocenters. The average molecular weight is 254 g/mol. The number of aromatic amines is 1. The Hall–Kier alpha value is -2.40. The van der Waals surface area contributed by atoms with Gasteiger partial charge in [-0.15, -0.1) is 0 Å². The summed E-state index contributed by atoms with van der Waals surface area (Å²) in [5, 5.41) is 0. The first kappa shape index (κ1) is 11.7. The fraction of sp³-hybridized carbons (Fsp3) is 0.143. The van der Waals surface area contributed by atoms with Crippen molar-refractivity contribution >= 4 is 11.0 Å². The van der Waals surface area contributed by atoms with E-state index in [1.807, 2.05) is 29.8 Å². The molecule has 0 radical (unpaired) electrons. The number of aryl methyl sites for hydroxylation is 1. The van der Waals surface area contributed by atoms with Gasteiger partial charge in [-0.3, -0.25) is 4.79 Å². The van der Waals surface area contributed by atoms with E-state index < -0.39 is 0 Å². The van der Waals surface area contributed by atoms with E-state index in [4.69, 9.17) is 5.73 Å². The van der Waals surface area contributed by atoms with Gasteiger partial charge >= 0.3 is 0 Å². The van der Waals surface area contributed by atoms with Gasteiger partial charge in [0.15, 0.2) is 5.43 Å². The summed E-state index contributed by atoms with van der Waals surface area (Å²) in [6, 6.07) is 7.38. The lowest BCUT2D eigenvalue weighted by Gasteiger charge is -2.02. The summed E-state index contributed by atoms with van der Waals surface area (Å²) in [6.45, 7) is 0.488. The Labute approximate surface area is 109 Å². The molecule has 0 aliphatic rings. The molecule has 0 aliphatic heterocycles. The van der Waals surface area contributed by atoms with E-state index in [9.17, 15) is 4.79 Å². The Morgan fingerprint density at radius 1 is 1.37 bits per heavy atom. The third kappa shape index (κ3) is 1.84. The monoisotopic (exact) mass is 254 g/mol. The van der Waals surface area contributed by atoms with E-state index >= 15 is 0 Å². The summed E-state index contributed by atoms with van der Waals surface area (Å²) in [4.78, 5) is 19.3. The van der Waals surface area contributed by atoms with Crippen LogP contribution in [0.2, 0.25) is 0 Å². The highest BCUT2D eigenvalue weighted by atomic mass is 16.1. The Balaban J connectivity index is 2.29. The minimum absolute atomic E-state index is 0.0452. The van der Waals surface area contributed by atoms with Crippen molar-refractivity contribution in [1.82, 2.24) is 14.5 Å². The maximum absolute atomic E-state index is 11.9. The number of H-pyrrole nitrogens is 1. The van der Waals surface area contributed by atoms with Gasteiger partial charge in [-0.05, 0) is 17.7 Å². The van der Waals surface area contributed by atoms with Crippen molar-refractivity contribution in [3.8, 4) is 11.4 Å². The number of rotatable bonds is 2. The lowest BCUT2D eigenvalue weighted by atomic mass is 10.2. The Morgan fingerprint density at radius 2 is 2.21 bits per heavy atom. The standard InChI is InChI=1S/C14H14N4O/c1-18-12-6-9(7-15)2-3-11(12)17-14(18)10-8-16-5-4-13(10)19/h2-6,8H,7,15H2,1H3,(H,16,19). The van der Waals surface area contributed by atoms with E-state index in [0.717, 1.165) is 16.6 Å². The molecule has 19 heavy (non-hydrogen) atoms. The third-order valence-corrected chi connectivity index (χ3v) is 3.25. The number of imidazole rings is 1. The number of pyridine rings is 1. The summed E-state index contributed by atoms with van der Waals surface area (Å²) in [6.07, 6.45) is 3.29. The first-order valence-corrected chi connectivity index (χ1v) is 6.03. The molecule has 1 aromatic carbocycles. The highest BCUT2D eigenvalue weighted by molar-refractivity contribution is 5.81. The SMILES string of the molecule is Cn1c(-c2c[nH]ccc2=O)nc2ccc(CN)cc21. The molecule has 0 bridgehead atoms. The summed E-state index contributed by atoms with van der Waals surface area (Å²) >= 11 is 0. The number of hydrogen-bond donors (Lipinski definition) is 2. The number of fused-ring (bicyclic) bond motifs is 1. The summed E-state index contributed by atoms with van der Waals surface area (Å²) in [5.74, 6) is 0.658. The van der Waals surface area contributed by atoms with Crippen molar-refractivity contribution < 1.29 is 0 Å². The van der Waals surface area contributed by atoms with E-state index in [-0.39, 0.29) is 5.43 Å². The second kappa shape index (κ2) is 4.37. The van der Waals surface area contributed by atoms with Crippen LogP contribution in [0.3, 0.4) is 0 Å². The van der Waals surface area contributed by atoms with Crippen LogP contribution < -0.4 is 11.2 Å². The Kier molecular flexibility index (Phi) is 2.68. The minimum Gasteiger partial charge on any atom is -0.367 e. The van der Waals surface area contributed by atoms with Gasteiger partial charge in [-0.1, -0.05) is 6.07 Å². The normalized spacial score (nSPS) is 11.1. The second-order valence-corrected chi connectivity index (χ2v) is 4.44. The van der Waals surface area contributed by atoms with Gasteiger partial charge in [0.25, 0.3) is 0 Å². The molecule has 0 saturated carbocycles. The lowest BCUT2D eigenvalue weighted by molar-refractivity contribution is 0.953. The second-order valence-electron chi connectivity index (χ2n) is 4.44. The van der Waals surface area contributed by atoms with Crippen LogP contribution >= 0.6 is 0 Å². The molecule has 5 nitrogen and oxygen atoms in total. The number of aromatic nitrogens is 3. The van der Waals surface area contributed by atoms with Crippen LogP contribution in [-0.2, 0) is 13.6 Å². The molecular formula is C14H14N4O. The quantitative estimate of drug-likeness (QED) is 0.725. The molecular weight excluding hydrogens is 240 g/mol. The van der Waals surface area contributed by atoms with Crippen LogP contribution in [0.25, 0.3) is 22.4 Å². The van der Waals surface area contributed by atoms with Crippen LogP contribution in [-0.4, -0.2) is 14.5 Å². The summed E-state index contributed by atoms with van der Waals surface area (Å²) in [5.41, 5.74) is 9.05. The van der Waals surface area contributed by atoms with Crippen molar-refractivity contribution in [3.05, 3.63) is 52.4 Å². The zero-order valence-electron chi connectivity index (χ0n) is 10.6. The minimum atomic E-state index is -0.0452. The molecule has 3 rings (SSSR count). The van der Waals surface area contributed by atoms with Crippen molar-refractivity contribution in [1.29, 1.82) is 0 Å². The summed E-state index contributed by atoms with van der Waals surface area (Å²) in [7, 11) is 1.90. The van der Waals surface area contributed by atoms with Gasteiger partial charge < -0.3 is 15.3 Å².